The first-order valence-electron chi connectivity index (χ1n) is 7.74. The molecule has 2 rings (SSSR count). The van der Waals surface area contributed by atoms with Crippen LogP contribution in [0.4, 0.5) is 5.69 Å². The van der Waals surface area contributed by atoms with Crippen LogP contribution in [0.2, 0.25) is 0 Å². The first-order valence-corrected chi connectivity index (χ1v) is 7.74. The molecule has 0 aliphatic heterocycles. The summed E-state index contributed by atoms with van der Waals surface area (Å²) in [5.74, 6) is -0.125. The van der Waals surface area contributed by atoms with Crippen molar-refractivity contribution in [1.29, 1.82) is 0 Å². The predicted molar refractivity (Wildman–Crippen MR) is 94.3 cm³/mol. The summed E-state index contributed by atoms with van der Waals surface area (Å²) in [5.41, 5.74) is 1.69. The summed E-state index contributed by atoms with van der Waals surface area (Å²) < 4.78 is 0. The molecule has 24 heavy (non-hydrogen) atoms. The molecule has 0 aromatic heterocycles. The maximum absolute atomic E-state index is 12.5. The molecule has 124 valence electrons. The van der Waals surface area contributed by atoms with Gasteiger partial charge in [-0.2, -0.15) is 0 Å². The minimum absolute atomic E-state index is 0.00889. The molecule has 0 heterocycles. The first-order chi connectivity index (χ1) is 11.5. The third kappa shape index (κ3) is 4.78. The van der Waals surface area contributed by atoms with Crippen molar-refractivity contribution in [2.45, 2.75) is 26.4 Å². The van der Waals surface area contributed by atoms with Crippen molar-refractivity contribution in [2.75, 3.05) is 0 Å². The Morgan fingerprint density at radius 3 is 2.50 bits per heavy atom. The third-order valence-electron chi connectivity index (χ3n) is 3.60. The zero-order valence-electron chi connectivity index (χ0n) is 13.8. The number of amides is 1. The van der Waals surface area contributed by atoms with Gasteiger partial charge in [0.2, 0.25) is 5.91 Å². The van der Waals surface area contributed by atoms with E-state index in [2.05, 4.69) is 0 Å². The predicted octanol–water partition coefficient (Wildman–Crippen LogP) is 4.05. The SMILES string of the molecule is CC(C)N(Cc1ccccc1)C(=O)C=Cc1cccc([N+](=O)[O-])c1. The lowest BCUT2D eigenvalue weighted by atomic mass is 10.1. The number of carbonyl (C=O) groups is 1. The second-order valence-electron chi connectivity index (χ2n) is 5.73. The van der Waals surface area contributed by atoms with Gasteiger partial charge in [-0.1, -0.05) is 42.5 Å². The van der Waals surface area contributed by atoms with Crippen molar-refractivity contribution < 1.29 is 9.72 Å². The molecule has 0 aliphatic carbocycles. The van der Waals surface area contributed by atoms with Gasteiger partial charge in [0.25, 0.3) is 5.69 Å². The number of hydrogen-bond donors (Lipinski definition) is 0. The number of benzene rings is 2. The summed E-state index contributed by atoms with van der Waals surface area (Å²) in [6.07, 6.45) is 3.07. The van der Waals surface area contributed by atoms with Gasteiger partial charge in [-0.05, 0) is 31.1 Å². The highest BCUT2D eigenvalue weighted by molar-refractivity contribution is 5.92. The van der Waals surface area contributed by atoms with E-state index in [4.69, 9.17) is 0 Å². The molecule has 5 heteroatoms. The van der Waals surface area contributed by atoms with Crippen molar-refractivity contribution in [3.05, 3.63) is 81.9 Å². The van der Waals surface area contributed by atoms with Crippen molar-refractivity contribution in [3.63, 3.8) is 0 Å². The van der Waals surface area contributed by atoms with Gasteiger partial charge in [0.05, 0.1) is 4.92 Å². The Morgan fingerprint density at radius 1 is 1.17 bits per heavy atom. The van der Waals surface area contributed by atoms with Crippen molar-refractivity contribution in [2.24, 2.45) is 0 Å². The smallest absolute Gasteiger partial charge is 0.270 e. The van der Waals surface area contributed by atoms with Gasteiger partial charge in [-0.25, -0.2) is 0 Å². The summed E-state index contributed by atoms with van der Waals surface area (Å²) in [6, 6.07) is 16.0. The van der Waals surface area contributed by atoms with Gasteiger partial charge in [0.1, 0.15) is 0 Å². The summed E-state index contributed by atoms with van der Waals surface area (Å²) in [6.45, 7) is 4.45. The highest BCUT2D eigenvalue weighted by Crippen LogP contribution is 2.15. The fourth-order valence-corrected chi connectivity index (χ4v) is 2.30. The normalized spacial score (nSPS) is 11.0. The Kier molecular flexibility index (Phi) is 5.84. The summed E-state index contributed by atoms with van der Waals surface area (Å²) in [4.78, 5) is 24.6. The van der Waals surface area contributed by atoms with Gasteiger partial charge in [-0.3, -0.25) is 14.9 Å². The largest absolute Gasteiger partial charge is 0.332 e. The number of nitro groups is 1. The lowest BCUT2D eigenvalue weighted by Gasteiger charge is -2.25. The summed E-state index contributed by atoms with van der Waals surface area (Å²) in [5, 5.41) is 10.8. The lowest BCUT2D eigenvalue weighted by Crippen LogP contribution is -2.35. The van der Waals surface area contributed by atoms with Crippen LogP contribution in [0.1, 0.15) is 25.0 Å². The van der Waals surface area contributed by atoms with Crippen molar-refractivity contribution >= 4 is 17.7 Å². The molecular weight excluding hydrogens is 304 g/mol. The number of non-ortho nitro benzene ring substituents is 1. The molecule has 0 saturated heterocycles. The first kappa shape index (κ1) is 17.4. The van der Waals surface area contributed by atoms with Crippen molar-refractivity contribution in [3.8, 4) is 0 Å². The quantitative estimate of drug-likeness (QED) is 0.457. The Hall–Kier alpha value is -2.95. The molecule has 0 bridgehead atoms. The molecule has 0 fully saturated rings. The monoisotopic (exact) mass is 324 g/mol. The third-order valence-corrected chi connectivity index (χ3v) is 3.60. The number of rotatable bonds is 6. The van der Waals surface area contributed by atoms with E-state index < -0.39 is 4.92 Å². The zero-order chi connectivity index (χ0) is 17.5. The molecule has 0 radical (unpaired) electrons. The Balaban J connectivity index is 2.13. The van der Waals surface area contributed by atoms with E-state index in [1.54, 1.807) is 23.1 Å². The molecule has 5 nitrogen and oxygen atoms in total. The maximum Gasteiger partial charge on any atom is 0.270 e. The van der Waals surface area contributed by atoms with E-state index in [9.17, 15) is 14.9 Å². The van der Waals surface area contributed by atoms with Gasteiger partial charge in [0.15, 0.2) is 0 Å². The average Bonchev–Trinajstić information content (AvgIpc) is 2.58. The van der Waals surface area contributed by atoms with Crippen LogP contribution >= 0.6 is 0 Å². The summed E-state index contributed by atoms with van der Waals surface area (Å²) in [7, 11) is 0. The summed E-state index contributed by atoms with van der Waals surface area (Å²) >= 11 is 0. The number of nitrogens with zero attached hydrogens (tertiary/aromatic N) is 2. The molecule has 0 atom stereocenters. The van der Waals surface area contributed by atoms with Crippen LogP contribution in [0.25, 0.3) is 6.08 Å². The van der Waals surface area contributed by atoms with Crippen LogP contribution in [0, 0.1) is 10.1 Å². The molecule has 0 unspecified atom stereocenters. The number of carbonyl (C=O) groups excluding carboxylic acids is 1. The topological polar surface area (TPSA) is 63.5 Å². The second kappa shape index (κ2) is 8.06. The van der Waals surface area contributed by atoms with Crippen LogP contribution < -0.4 is 0 Å². The molecule has 0 aliphatic rings. The average molecular weight is 324 g/mol. The lowest BCUT2D eigenvalue weighted by molar-refractivity contribution is -0.384. The van der Waals surface area contributed by atoms with Gasteiger partial charge in [-0.15, -0.1) is 0 Å². The maximum atomic E-state index is 12.5. The molecule has 2 aromatic carbocycles. The molecule has 0 spiro atoms. The van der Waals surface area contributed by atoms with E-state index in [-0.39, 0.29) is 17.6 Å². The Bertz CT molecular complexity index is 739. The fraction of sp³-hybridized carbons (Fsp3) is 0.211. The van der Waals surface area contributed by atoms with E-state index in [0.29, 0.717) is 12.1 Å². The Morgan fingerprint density at radius 2 is 1.88 bits per heavy atom. The van der Waals surface area contributed by atoms with Gasteiger partial charge in [0, 0.05) is 30.8 Å². The molecule has 0 saturated carbocycles. The minimum atomic E-state index is -0.449. The minimum Gasteiger partial charge on any atom is -0.332 e. The molecule has 1 amide bonds. The van der Waals surface area contributed by atoms with Gasteiger partial charge >= 0.3 is 0 Å². The van der Waals surface area contributed by atoms with Crippen LogP contribution in [0.5, 0.6) is 0 Å². The van der Waals surface area contributed by atoms with E-state index in [1.165, 1.54) is 18.2 Å². The fourth-order valence-electron chi connectivity index (χ4n) is 2.30. The van der Waals surface area contributed by atoms with Crippen LogP contribution in [-0.4, -0.2) is 21.8 Å². The second-order valence-corrected chi connectivity index (χ2v) is 5.73. The highest BCUT2D eigenvalue weighted by atomic mass is 16.6. The van der Waals surface area contributed by atoms with Crippen LogP contribution in [-0.2, 0) is 11.3 Å². The Labute approximate surface area is 141 Å². The number of nitro benzene ring substituents is 1. The highest BCUT2D eigenvalue weighted by Gasteiger charge is 2.15. The van der Waals surface area contributed by atoms with Crippen LogP contribution in [0.3, 0.4) is 0 Å². The van der Waals surface area contributed by atoms with E-state index in [1.807, 2.05) is 44.2 Å². The molecular formula is C19H20N2O3. The van der Waals surface area contributed by atoms with Crippen LogP contribution in [0.15, 0.2) is 60.7 Å². The van der Waals surface area contributed by atoms with E-state index in [0.717, 1.165) is 5.56 Å². The van der Waals surface area contributed by atoms with Gasteiger partial charge < -0.3 is 4.90 Å². The molecule has 2 aromatic rings. The standard InChI is InChI=1S/C19H20N2O3/c1-15(2)20(14-17-7-4-3-5-8-17)19(22)12-11-16-9-6-10-18(13-16)21(23)24/h3-13,15H,14H2,1-2H3. The number of hydrogen-bond acceptors (Lipinski definition) is 3. The van der Waals surface area contributed by atoms with E-state index >= 15 is 0 Å². The van der Waals surface area contributed by atoms with Crippen molar-refractivity contribution in [1.82, 2.24) is 4.90 Å². The molecule has 0 N–H and O–H groups in total. The zero-order valence-corrected chi connectivity index (χ0v) is 13.8.